The third kappa shape index (κ3) is 5.27. The monoisotopic (exact) mass is 506 g/mol. The number of benzene rings is 2. The molecule has 5 nitrogen and oxygen atoms in total. The average molecular weight is 507 g/mol. The molecule has 2 fully saturated rings. The molecule has 3 aliphatic rings. The summed E-state index contributed by atoms with van der Waals surface area (Å²) in [4.78, 5) is 2.48. The van der Waals surface area contributed by atoms with E-state index in [-0.39, 0.29) is 35.9 Å². The average Bonchev–Trinajstić information content (AvgIpc) is 3.02. The van der Waals surface area contributed by atoms with Crippen LogP contribution in [0.4, 0.5) is 4.39 Å². The minimum absolute atomic E-state index is 0.0951. The SMILES string of the molecule is O=S(=O)(NCCOc1cc2c(cc1F)CC(CN1CCC1)C2Cc1cccc(Cl)c1)C1CCC1. The highest BCUT2D eigenvalue weighted by Gasteiger charge is 2.36. The van der Waals surface area contributed by atoms with Gasteiger partial charge in [0.25, 0.3) is 0 Å². The fourth-order valence-electron chi connectivity index (χ4n) is 5.35. The van der Waals surface area contributed by atoms with Crippen LogP contribution in [0.2, 0.25) is 5.02 Å². The van der Waals surface area contributed by atoms with E-state index in [4.69, 9.17) is 16.3 Å². The van der Waals surface area contributed by atoms with E-state index in [9.17, 15) is 12.8 Å². The van der Waals surface area contributed by atoms with Crippen molar-refractivity contribution in [2.75, 3.05) is 32.8 Å². The van der Waals surface area contributed by atoms with E-state index >= 15 is 0 Å². The first kappa shape index (κ1) is 24.0. The van der Waals surface area contributed by atoms with Crippen molar-refractivity contribution in [3.63, 3.8) is 0 Å². The molecule has 1 saturated heterocycles. The Balaban J connectivity index is 1.30. The summed E-state index contributed by atoms with van der Waals surface area (Å²) in [6.45, 7) is 3.52. The molecule has 8 heteroatoms. The summed E-state index contributed by atoms with van der Waals surface area (Å²) in [6.07, 6.45) is 5.32. The van der Waals surface area contributed by atoms with Gasteiger partial charge in [0.2, 0.25) is 10.0 Å². The van der Waals surface area contributed by atoms with E-state index in [1.165, 1.54) is 12.0 Å². The third-order valence-corrected chi connectivity index (χ3v) is 9.77. The Morgan fingerprint density at radius 2 is 1.97 bits per heavy atom. The summed E-state index contributed by atoms with van der Waals surface area (Å²) in [5.74, 6) is 0.487. The molecular formula is C26H32ClFN2O3S. The number of hydrogen-bond donors (Lipinski definition) is 1. The zero-order valence-electron chi connectivity index (χ0n) is 19.3. The number of hydrogen-bond acceptors (Lipinski definition) is 4. The van der Waals surface area contributed by atoms with E-state index in [2.05, 4.69) is 15.7 Å². The molecule has 0 radical (unpaired) electrons. The predicted molar refractivity (Wildman–Crippen MR) is 133 cm³/mol. The van der Waals surface area contributed by atoms with Gasteiger partial charge in [-0.25, -0.2) is 17.5 Å². The van der Waals surface area contributed by atoms with Crippen LogP contribution in [0.25, 0.3) is 0 Å². The molecule has 2 aromatic carbocycles. The topological polar surface area (TPSA) is 58.6 Å². The van der Waals surface area contributed by atoms with Crippen LogP contribution < -0.4 is 9.46 Å². The predicted octanol–water partition coefficient (Wildman–Crippen LogP) is 4.53. The summed E-state index contributed by atoms with van der Waals surface area (Å²) >= 11 is 6.24. The number of ether oxygens (including phenoxy) is 1. The lowest BCUT2D eigenvalue weighted by Gasteiger charge is -2.35. The second kappa shape index (κ2) is 10.1. The van der Waals surface area contributed by atoms with Crippen LogP contribution in [0, 0.1) is 11.7 Å². The van der Waals surface area contributed by atoms with Gasteiger partial charge in [0.05, 0.1) is 5.25 Å². The molecule has 2 aliphatic carbocycles. The number of rotatable bonds is 10. The summed E-state index contributed by atoms with van der Waals surface area (Å²) in [5, 5.41) is 0.433. The zero-order chi connectivity index (χ0) is 23.7. The molecule has 34 heavy (non-hydrogen) atoms. The van der Waals surface area contributed by atoms with Gasteiger partial charge in [-0.05, 0) is 98.0 Å². The molecular weight excluding hydrogens is 475 g/mol. The Morgan fingerprint density at radius 3 is 2.65 bits per heavy atom. The van der Waals surface area contributed by atoms with Gasteiger partial charge < -0.3 is 9.64 Å². The molecule has 1 saturated carbocycles. The van der Waals surface area contributed by atoms with Gasteiger partial charge in [-0.1, -0.05) is 30.2 Å². The van der Waals surface area contributed by atoms with Crippen molar-refractivity contribution in [3.8, 4) is 5.75 Å². The Morgan fingerprint density at radius 1 is 1.15 bits per heavy atom. The maximum atomic E-state index is 14.9. The van der Waals surface area contributed by atoms with E-state index < -0.39 is 10.0 Å². The fraction of sp³-hybridized carbons (Fsp3) is 0.538. The number of sulfonamides is 1. The molecule has 5 rings (SSSR count). The van der Waals surface area contributed by atoms with Crippen molar-refractivity contribution in [3.05, 3.63) is 63.9 Å². The van der Waals surface area contributed by atoms with Crippen LogP contribution in [0.15, 0.2) is 36.4 Å². The van der Waals surface area contributed by atoms with Crippen molar-refractivity contribution in [1.29, 1.82) is 0 Å². The minimum Gasteiger partial charge on any atom is -0.489 e. The maximum absolute atomic E-state index is 14.9. The van der Waals surface area contributed by atoms with Gasteiger partial charge in [-0.15, -0.1) is 0 Å². The first-order valence-electron chi connectivity index (χ1n) is 12.3. The van der Waals surface area contributed by atoms with Gasteiger partial charge in [0, 0.05) is 18.1 Å². The molecule has 1 heterocycles. The molecule has 2 atom stereocenters. The van der Waals surface area contributed by atoms with E-state index in [1.807, 2.05) is 24.3 Å². The lowest BCUT2D eigenvalue weighted by atomic mass is 9.86. The zero-order valence-corrected chi connectivity index (χ0v) is 20.9. The fourth-order valence-corrected chi connectivity index (χ4v) is 7.12. The first-order valence-corrected chi connectivity index (χ1v) is 14.2. The van der Waals surface area contributed by atoms with Crippen molar-refractivity contribution in [2.45, 2.75) is 49.7 Å². The van der Waals surface area contributed by atoms with Crippen LogP contribution in [0.3, 0.4) is 0 Å². The molecule has 184 valence electrons. The van der Waals surface area contributed by atoms with E-state index in [0.29, 0.717) is 18.8 Å². The summed E-state index contributed by atoms with van der Waals surface area (Å²) < 4.78 is 47.6. The van der Waals surface area contributed by atoms with Crippen molar-refractivity contribution in [1.82, 2.24) is 9.62 Å². The summed E-state index contributed by atoms with van der Waals surface area (Å²) in [5.41, 5.74) is 3.36. The molecule has 2 aromatic rings. The van der Waals surface area contributed by atoms with Crippen LogP contribution in [-0.2, 0) is 22.9 Å². The Hall–Kier alpha value is -1.67. The normalized spacial score (nSPS) is 22.8. The molecule has 2 unspecified atom stereocenters. The lowest BCUT2D eigenvalue weighted by Crippen LogP contribution is -2.41. The standard InChI is InChI=1S/C26H32ClFN2O3S/c27-21-5-1-4-18(12-21)13-23-20(17-30-9-3-10-30)14-19-15-25(28)26(16-24(19)23)33-11-8-29-34(31,32)22-6-2-7-22/h1,4-5,12,15-16,20,22-23,29H,2-3,6-11,13-14,17H2. The van der Waals surface area contributed by atoms with Gasteiger partial charge in [-0.2, -0.15) is 0 Å². The summed E-state index contributed by atoms with van der Waals surface area (Å²) in [6, 6.07) is 11.4. The Labute approximate surface area is 206 Å². The number of nitrogens with zero attached hydrogens (tertiary/aromatic N) is 1. The van der Waals surface area contributed by atoms with Gasteiger partial charge in [-0.3, -0.25) is 0 Å². The maximum Gasteiger partial charge on any atom is 0.214 e. The molecule has 0 amide bonds. The number of fused-ring (bicyclic) bond motifs is 1. The highest BCUT2D eigenvalue weighted by Crippen LogP contribution is 2.43. The quantitative estimate of drug-likeness (QED) is 0.481. The van der Waals surface area contributed by atoms with Gasteiger partial charge in [0.1, 0.15) is 6.61 Å². The molecule has 1 N–H and O–H groups in total. The van der Waals surface area contributed by atoms with E-state index in [0.717, 1.165) is 55.0 Å². The first-order chi connectivity index (χ1) is 16.4. The molecule has 0 aromatic heterocycles. The third-order valence-electron chi connectivity index (χ3n) is 7.58. The van der Waals surface area contributed by atoms with Gasteiger partial charge in [0.15, 0.2) is 11.6 Å². The molecule has 1 aliphatic heterocycles. The lowest BCUT2D eigenvalue weighted by molar-refractivity contribution is 0.145. The van der Waals surface area contributed by atoms with Gasteiger partial charge >= 0.3 is 0 Å². The van der Waals surface area contributed by atoms with Crippen molar-refractivity contribution in [2.24, 2.45) is 5.92 Å². The smallest absolute Gasteiger partial charge is 0.214 e. The highest BCUT2D eigenvalue weighted by molar-refractivity contribution is 7.90. The number of halogens is 2. The Bertz CT molecular complexity index is 1130. The Kier molecular flexibility index (Phi) is 7.17. The summed E-state index contributed by atoms with van der Waals surface area (Å²) in [7, 11) is -3.30. The van der Waals surface area contributed by atoms with Crippen LogP contribution >= 0.6 is 11.6 Å². The van der Waals surface area contributed by atoms with Crippen LogP contribution in [0.5, 0.6) is 5.75 Å². The molecule has 0 bridgehead atoms. The second-order valence-electron chi connectivity index (χ2n) is 9.88. The van der Waals surface area contributed by atoms with Crippen molar-refractivity contribution >= 4 is 21.6 Å². The number of likely N-dealkylation sites (tertiary alicyclic amines) is 1. The highest BCUT2D eigenvalue weighted by atomic mass is 35.5. The van der Waals surface area contributed by atoms with Crippen LogP contribution in [-0.4, -0.2) is 51.4 Å². The molecule has 0 spiro atoms. The largest absolute Gasteiger partial charge is 0.489 e. The second-order valence-corrected chi connectivity index (χ2v) is 12.4. The number of nitrogens with one attached hydrogen (secondary N) is 1. The minimum atomic E-state index is -3.30. The van der Waals surface area contributed by atoms with E-state index in [1.54, 1.807) is 6.07 Å². The van der Waals surface area contributed by atoms with Crippen molar-refractivity contribution < 1.29 is 17.5 Å². The van der Waals surface area contributed by atoms with Crippen LogP contribution in [0.1, 0.15) is 48.3 Å².